The molecule has 0 rings (SSSR count). The van der Waals surface area contributed by atoms with Crippen LogP contribution in [-0.2, 0) is 0 Å². The van der Waals surface area contributed by atoms with E-state index < -0.39 is 34.3 Å². The van der Waals surface area contributed by atoms with Gasteiger partial charge in [-0.2, -0.15) is 39.5 Å². The Morgan fingerprint density at radius 3 is 1.68 bits per heavy atom. The van der Waals surface area contributed by atoms with Crippen LogP contribution in [0.2, 0.25) is 0 Å². The van der Waals surface area contributed by atoms with Crippen molar-refractivity contribution in [3.05, 3.63) is 0 Å². The topological polar surface area (TPSA) is 0 Å². The molecule has 0 heterocycles. The minimum absolute atomic E-state index is 0.0455. The summed E-state index contributed by atoms with van der Waals surface area (Å²) in [4.78, 5) is 0. The van der Waals surface area contributed by atoms with Crippen molar-refractivity contribution in [1.29, 1.82) is 0 Å². The molecular formula is C12H16F9I. The monoisotopic (exact) mass is 458 g/mol. The van der Waals surface area contributed by atoms with Crippen LogP contribution < -0.4 is 0 Å². The Kier molecular flexibility index (Phi) is 7.82. The van der Waals surface area contributed by atoms with Crippen LogP contribution in [-0.4, -0.2) is 27.9 Å². The second-order valence-corrected chi connectivity index (χ2v) is 6.76. The SMILES string of the molecule is CCCCCC[C@@H](I)CC(F)(F)C(F)(F)C(F)(F)C(F)(F)F. The van der Waals surface area contributed by atoms with E-state index in [-0.39, 0.29) is 6.42 Å². The Balaban J connectivity index is 4.90. The zero-order valence-electron chi connectivity index (χ0n) is 11.6. The van der Waals surface area contributed by atoms with Crippen molar-refractivity contribution in [3.63, 3.8) is 0 Å². The van der Waals surface area contributed by atoms with Gasteiger partial charge in [-0.15, -0.1) is 0 Å². The van der Waals surface area contributed by atoms with Gasteiger partial charge in [0.25, 0.3) is 0 Å². The van der Waals surface area contributed by atoms with E-state index in [1.165, 1.54) is 22.6 Å². The second kappa shape index (κ2) is 7.78. The summed E-state index contributed by atoms with van der Waals surface area (Å²) in [7, 11) is 0. The van der Waals surface area contributed by atoms with Gasteiger partial charge in [0.15, 0.2) is 0 Å². The van der Waals surface area contributed by atoms with Gasteiger partial charge in [0, 0.05) is 10.3 Å². The number of unbranched alkanes of at least 4 members (excludes halogenated alkanes) is 3. The number of rotatable bonds is 9. The van der Waals surface area contributed by atoms with Crippen LogP contribution >= 0.6 is 22.6 Å². The first-order valence-corrected chi connectivity index (χ1v) is 7.79. The summed E-state index contributed by atoms with van der Waals surface area (Å²) >= 11 is 1.37. The standard InChI is InChI=1S/C12H16F9I/c1-2-3-4-5-6-8(22)7-9(13,14)10(15,16)11(17,18)12(19,20)21/h8H,2-7H2,1H3/t8-/m1/s1. The van der Waals surface area contributed by atoms with Gasteiger partial charge in [-0.3, -0.25) is 0 Å². The summed E-state index contributed by atoms with van der Waals surface area (Å²) in [6.45, 7) is 1.88. The number of hydrogen-bond acceptors (Lipinski definition) is 0. The van der Waals surface area contributed by atoms with E-state index >= 15 is 0 Å². The van der Waals surface area contributed by atoms with Crippen LogP contribution in [0.4, 0.5) is 39.5 Å². The summed E-state index contributed by atoms with van der Waals surface area (Å²) in [5, 5.41) is 0. The lowest BCUT2D eigenvalue weighted by atomic mass is 9.98. The van der Waals surface area contributed by atoms with Crippen molar-refractivity contribution in [2.45, 2.75) is 73.3 Å². The lowest BCUT2D eigenvalue weighted by Gasteiger charge is -2.34. The molecule has 0 unspecified atom stereocenters. The summed E-state index contributed by atoms with van der Waals surface area (Å²) in [5.74, 6) is -18.7. The number of alkyl halides is 10. The van der Waals surface area contributed by atoms with Crippen molar-refractivity contribution in [3.8, 4) is 0 Å². The lowest BCUT2D eigenvalue weighted by molar-refractivity contribution is -0.396. The van der Waals surface area contributed by atoms with Gasteiger partial charge < -0.3 is 0 Å². The molecule has 0 saturated carbocycles. The predicted molar refractivity (Wildman–Crippen MR) is 72.1 cm³/mol. The van der Waals surface area contributed by atoms with E-state index in [4.69, 9.17) is 0 Å². The van der Waals surface area contributed by atoms with Crippen molar-refractivity contribution >= 4 is 22.6 Å². The van der Waals surface area contributed by atoms with Gasteiger partial charge in [-0.25, -0.2) is 0 Å². The average molecular weight is 458 g/mol. The first-order chi connectivity index (χ1) is 9.70. The molecule has 0 fully saturated rings. The van der Waals surface area contributed by atoms with Crippen LogP contribution in [0.1, 0.15) is 45.4 Å². The van der Waals surface area contributed by atoms with Gasteiger partial charge >= 0.3 is 23.9 Å². The molecule has 0 bridgehead atoms. The maximum absolute atomic E-state index is 13.3. The maximum Gasteiger partial charge on any atom is 0.460 e. The molecule has 0 amide bonds. The molecule has 0 saturated heterocycles. The summed E-state index contributed by atoms with van der Waals surface area (Å²) < 4.78 is 113. The fraction of sp³-hybridized carbons (Fsp3) is 1.00. The molecule has 0 aliphatic carbocycles. The highest BCUT2D eigenvalue weighted by molar-refractivity contribution is 14.1. The summed E-state index contributed by atoms with van der Waals surface area (Å²) in [5.41, 5.74) is 0. The van der Waals surface area contributed by atoms with Crippen LogP contribution in [0, 0.1) is 0 Å². The minimum Gasteiger partial charge on any atom is -0.200 e. The Labute approximate surface area is 136 Å². The van der Waals surface area contributed by atoms with E-state index in [1.807, 2.05) is 6.92 Å². The van der Waals surface area contributed by atoms with Crippen LogP contribution in [0.3, 0.4) is 0 Å². The smallest absolute Gasteiger partial charge is 0.200 e. The molecular weight excluding hydrogens is 442 g/mol. The van der Waals surface area contributed by atoms with Crippen LogP contribution in [0.5, 0.6) is 0 Å². The third kappa shape index (κ3) is 5.05. The second-order valence-electron chi connectivity index (χ2n) is 5.00. The van der Waals surface area contributed by atoms with E-state index in [9.17, 15) is 39.5 Å². The van der Waals surface area contributed by atoms with Crippen molar-refractivity contribution < 1.29 is 39.5 Å². The minimum atomic E-state index is -6.79. The molecule has 134 valence electrons. The molecule has 0 N–H and O–H groups in total. The Morgan fingerprint density at radius 2 is 1.27 bits per heavy atom. The fourth-order valence-corrected chi connectivity index (χ4v) is 2.70. The molecule has 0 aromatic rings. The predicted octanol–water partition coefficient (Wildman–Crippen LogP) is 6.62. The molecule has 0 aliphatic heterocycles. The van der Waals surface area contributed by atoms with Gasteiger partial charge in [0.2, 0.25) is 0 Å². The highest BCUT2D eigenvalue weighted by Gasteiger charge is 2.81. The quantitative estimate of drug-likeness (QED) is 0.158. The normalized spacial score (nSPS) is 16.0. The zero-order valence-corrected chi connectivity index (χ0v) is 13.8. The largest absolute Gasteiger partial charge is 0.460 e. The Hall–Kier alpha value is 0.1000. The van der Waals surface area contributed by atoms with Crippen molar-refractivity contribution in [1.82, 2.24) is 0 Å². The highest BCUT2D eigenvalue weighted by atomic mass is 127. The molecule has 0 radical (unpaired) electrons. The zero-order chi connectivity index (χ0) is 17.8. The Morgan fingerprint density at radius 1 is 0.773 bits per heavy atom. The number of halogens is 10. The molecule has 1 atom stereocenters. The number of hydrogen-bond donors (Lipinski definition) is 0. The molecule has 22 heavy (non-hydrogen) atoms. The molecule has 0 nitrogen and oxygen atoms in total. The van der Waals surface area contributed by atoms with Crippen LogP contribution in [0.25, 0.3) is 0 Å². The van der Waals surface area contributed by atoms with Crippen molar-refractivity contribution in [2.75, 3.05) is 0 Å². The van der Waals surface area contributed by atoms with Crippen LogP contribution in [0.15, 0.2) is 0 Å². The lowest BCUT2D eigenvalue weighted by Crippen LogP contribution is -2.61. The molecule has 0 aromatic carbocycles. The Bertz CT molecular complexity index is 338. The van der Waals surface area contributed by atoms with E-state index in [2.05, 4.69) is 0 Å². The van der Waals surface area contributed by atoms with Gasteiger partial charge in [-0.1, -0.05) is 55.2 Å². The summed E-state index contributed by atoms with van der Waals surface area (Å²) in [6, 6.07) is 0. The first-order valence-electron chi connectivity index (χ1n) is 6.55. The molecule has 0 aromatic heterocycles. The van der Waals surface area contributed by atoms with E-state index in [0.29, 0.717) is 12.8 Å². The van der Waals surface area contributed by atoms with Gasteiger partial charge in [-0.05, 0) is 6.42 Å². The maximum atomic E-state index is 13.3. The third-order valence-corrected chi connectivity index (χ3v) is 4.12. The average Bonchev–Trinajstić information content (AvgIpc) is 2.32. The molecule has 0 aliphatic rings. The van der Waals surface area contributed by atoms with Crippen molar-refractivity contribution in [2.24, 2.45) is 0 Å². The molecule has 10 heteroatoms. The first kappa shape index (κ1) is 22.1. The van der Waals surface area contributed by atoms with E-state index in [0.717, 1.165) is 12.8 Å². The molecule has 0 spiro atoms. The fourth-order valence-electron chi connectivity index (χ4n) is 1.71. The van der Waals surface area contributed by atoms with Gasteiger partial charge in [0.1, 0.15) is 0 Å². The van der Waals surface area contributed by atoms with Gasteiger partial charge in [0.05, 0.1) is 0 Å². The highest BCUT2D eigenvalue weighted by Crippen LogP contribution is 2.54. The third-order valence-electron chi connectivity index (χ3n) is 3.06. The summed E-state index contributed by atoms with van der Waals surface area (Å²) in [6.07, 6.45) is -5.74. The van der Waals surface area contributed by atoms with E-state index in [1.54, 1.807) is 0 Å².